The van der Waals surface area contributed by atoms with Gasteiger partial charge in [-0.1, -0.05) is 36.4 Å². The molecule has 1 aromatic heterocycles. The number of benzene rings is 2. The van der Waals surface area contributed by atoms with E-state index in [-0.39, 0.29) is 24.1 Å². The second kappa shape index (κ2) is 12.6. The molecule has 4 N–H and O–H groups in total. The van der Waals surface area contributed by atoms with Crippen molar-refractivity contribution in [1.82, 2.24) is 15.1 Å². The Morgan fingerprint density at radius 2 is 1.70 bits per heavy atom. The maximum atomic E-state index is 12.9. The van der Waals surface area contributed by atoms with E-state index < -0.39 is 0 Å². The molecule has 3 aromatic rings. The van der Waals surface area contributed by atoms with Crippen LogP contribution in [0, 0.1) is 0 Å². The van der Waals surface area contributed by atoms with Crippen molar-refractivity contribution in [1.29, 1.82) is 0 Å². The zero-order valence-corrected chi connectivity index (χ0v) is 21.9. The third kappa shape index (κ3) is 7.48. The number of anilines is 1. The van der Waals surface area contributed by atoms with E-state index in [9.17, 15) is 14.4 Å². The summed E-state index contributed by atoms with van der Waals surface area (Å²) in [5.41, 5.74) is 9.73. The Morgan fingerprint density at radius 1 is 0.973 bits per heavy atom. The summed E-state index contributed by atoms with van der Waals surface area (Å²) in [6.07, 6.45) is 0.281. The van der Waals surface area contributed by atoms with Crippen LogP contribution in [0.25, 0.3) is 0 Å². The number of rotatable bonds is 9. The number of hydrogen-bond acceptors (Lipinski definition) is 6. The van der Waals surface area contributed by atoms with E-state index in [0.717, 1.165) is 34.7 Å². The van der Waals surface area contributed by atoms with Gasteiger partial charge in [0.05, 0.1) is 6.42 Å². The highest BCUT2D eigenvalue weighted by atomic mass is 32.1. The van der Waals surface area contributed by atoms with E-state index in [0.29, 0.717) is 44.0 Å². The summed E-state index contributed by atoms with van der Waals surface area (Å²) in [7, 11) is 0. The van der Waals surface area contributed by atoms with Crippen molar-refractivity contribution in [3.05, 3.63) is 87.1 Å². The first kappa shape index (κ1) is 26.5. The quantitative estimate of drug-likeness (QED) is 0.403. The van der Waals surface area contributed by atoms with Gasteiger partial charge in [-0.3, -0.25) is 19.3 Å². The summed E-state index contributed by atoms with van der Waals surface area (Å²) in [4.78, 5) is 42.5. The van der Waals surface area contributed by atoms with E-state index in [2.05, 4.69) is 15.5 Å². The van der Waals surface area contributed by atoms with Gasteiger partial charge >= 0.3 is 0 Å². The second-order valence-electron chi connectivity index (χ2n) is 9.16. The fourth-order valence-corrected chi connectivity index (χ4v) is 4.98. The fourth-order valence-electron chi connectivity index (χ4n) is 4.28. The van der Waals surface area contributed by atoms with Gasteiger partial charge in [0, 0.05) is 68.9 Å². The van der Waals surface area contributed by atoms with Crippen LogP contribution in [-0.4, -0.2) is 53.7 Å². The molecule has 2 aromatic carbocycles. The molecular weight excluding hydrogens is 486 g/mol. The van der Waals surface area contributed by atoms with Crippen molar-refractivity contribution in [2.45, 2.75) is 33.0 Å². The molecule has 0 atom stereocenters. The number of nitrogens with one attached hydrogen (secondary N) is 2. The van der Waals surface area contributed by atoms with Crippen LogP contribution in [0.2, 0.25) is 0 Å². The highest BCUT2D eigenvalue weighted by Gasteiger charge is 2.20. The summed E-state index contributed by atoms with van der Waals surface area (Å²) in [5, 5.41) is 7.94. The molecule has 0 unspecified atom stereocenters. The number of carbonyl (C=O) groups is 3. The lowest BCUT2D eigenvalue weighted by Gasteiger charge is -2.34. The average Bonchev–Trinajstić information content (AvgIpc) is 3.41. The minimum Gasteiger partial charge on any atom is -0.348 e. The van der Waals surface area contributed by atoms with Crippen LogP contribution in [0.4, 0.5) is 5.69 Å². The van der Waals surface area contributed by atoms with Crippen LogP contribution in [0.3, 0.4) is 0 Å². The van der Waals surface area contributed by atoms with Crippen LogP contribution in [-0.2, 0) is 35.6 Å². The molecule has 0 spiro atoms. The summed E-state index contributed by atoms with van der Waals surface area (Å²) in [6, 6.07) is 17.1. The normalized spacial score (nSPS) is 13.8. The smallest absolute Gasteiger partial charge is 0.251 e. The van der Waals surface area contributed by atoms with Gasteiger partial charge in [-0.05, 0) is 40.3 Å². The Kier molecular flexibility index (Phi) is 9.05. The number of nitrogens with two attached hydrogens (primary N) is 1. The van der Waals surface area contributed by atoms with Gasteiger partial charge in [-0.25, -0.2) is 0 Å². The summed E-state index contributed by atoms with van der Waals surface area (Å²) < 4.78 is 0. The Hall–Kier alpha value is -3.53. The maximum Gasteiger partial charge on any atom is 0.251 e. The molecule has 2 heterocycles. The predicted octanol–water partition coefficient (Wildman–Crippen LogP) is 2.98. The lowest BCUT2D eigenvalue weighted by molar-refractivity contribution is -0.130. The van der Waals surface area contributed by atoms with E-state index in [1.54, 1.807) is 19.1 Å². The molecule has 0 saturated carbocycles. The van der Waals surface area contributed by atoms with Gasteiger partial charge in [-0.2, -0.15) is 0 Å². The molecular formula is C28H33N5O3S. The molecule has 4 rings (SSSR count). The number of nitrogens with zero attached hydrogens (tertiary/aromatic N) is 2. The first-order valence-corrected chi connectivity index (χ1v) is 13.3. The molecule has 37 heavy (non-hydrogen) atoms. The Labute approximate surface area is 221 Å². The lowest BCUT2D eigenvalue weighted by Crippen LogP contribution is -2.47. The van der Waals surface area contributed by atoms with E-state index in [1.807, 2.05) is 52.7 Å². The Balaban J connectivity index is 1.46. The molecule has 0 aliphatic carbocycles. The molecule has 0 radical (unpaired) electrons. The highest BCUT2D eigenvalue weighted by molar-refractivity contribution is 7.10. The van der Waals surface area contributed by atoms with Crippen molar-refractivity contribution in [2.75, 3.05) is 31.5 Å². The van der Waals surface area contributed by atoms with Crippen LogP contribution in [0.5, 0.6) is 0 Å². The number of carbonyl (C=O) groups excluding carboxylic acids is 3. The van der Waals surface area contributed by atoms with E-state index >= 15 is 0 Å². The zero-order valence-electron chi connectivity index (χ0n) is 21.0. The van der Waals surface area contributed by atoms with Crippen LogP contribution in [0.15, 0.2) is 60.0 Å². The second-order valence-corrected chi connectivity index (χ2v) is 10.2. The van der Waals surface area contributed by atoms with Crippen molar-refractivity contribution in [3.8, 4) is 0 Å². The Morgan fingerprint density at radius 3 is 2.35 bits per heavy atom. The summed E-state index contributed by atoms with van der Waals surface area (Å²) in [5.74, 6) is -0.243. The number of thiophene rings is 1. The molecule has 1 saturated heterocycles. The van der Waals surface area contributed by atoms with Gasteiger partial charge in [0.2, 0.25) is 11.8 Å². The van der Waals surface area contributed by atoms with Gasteiger partial charge in [0.1, 0.15) is 0 Å². The minimum absolute atomic E-state index is 0.0897. The number of amides is 3. The Bertz CT molecular complexity index is 1220. The maximum absolute atomic E-state index is 12.9. The fraction of sp³-hybridized carbons (Fsp3) is 0.321. The van der Waals surface area contributed by atoms with Gasteiger partial charge in [-0.15, -0.1) is 11.3 Å². The average molecular weight is 520 g/mol. The molecule has 1 fully saturated rings. The van der Waals surface area contributed by atoms with Crippen LogP contribution < -0.4 is 16.4 Å². The standard InChI is InChI=1S/C28H33N5O3S/c1-20(34)33-12-10-32(11-13-33)19-24-9-8-23(15-26(24)31-27(35)16-25-3-2-14-37-25)28(36)30-18-22-6-4-21(17-29)5-7-22/h2-9,14-15H,10-13,16-19,29H2,1H3,(H,30,36)(H,31,35). The first-order valence-electron chi connectivity index (χ1n) is 12.4. The molecule has 9 heteroatoms. The molecule has 0 bridgehead atoms. The van der Waals surface area contributed by atoms with Crippen molar-refractivity contribution in [2.24, 2.45) is 5.73 Å². The lowest BCUT2D eigenvalue weighted by atomic mass is 10.1. The van der Waals surface area contributed by atoms with Crippen molar-refractivity contribution in [3.63, 3.8) is 0 Å². The SMILES string of the molecule is CC(=O)N1CCN(Cc2ccc(C(=O)NCc3ccc(CN)cc3)cc2NC(=O)Cc2cccs2)CC1. The van der Waals surface area contributed by atoms with Gasteiger partial charge < -0.3 is 21.3 Å². The zero-order chi connectivity index (χ0) is 26.2. The first-order chi connectivity index (χ1) is 17.9. The van der Waals surface area contributed by atoms with Crippen molar-refractivity contribution < 1.29 is 14.4 Å². The third-order valence-corrected chi connectivity index (χ3v) is 7.36. The number of piperazine rings is 1. The molecule has 3 amide bonds. The number of hydrogen-bond donors (Lipinski definition) is 3. The predicted molar refractivity (Wildman–Crippen MR) is 146 cm³/mol. The monoisotopic (exact) mass is 519 g/mol. The van der Waals surface area contributed by atoms with Crippen LogP contribution >= 0.6 is 11.3 Å². The molecule has 1 aliphatic heterocycles. The van der Waals surface area contributed by atoms with Gasteiger partial charge in [0.25, 0.3) is 5.91 Å². The van der Waals surface area contributed by atoms with E-state index in [1.165, 1.54) is 11.3 Å². The molecule has 194 valence electrons. The van der Waals surface area contributed by atoms with Crippen LogP contribution in [0.1, 0.15) is 38.8 Å². The van der Waals surface area contributed by atoms with E-state index in [4.69, 9.17) is 5.73 Å². The highest BCUT2D eigenvalue weighted by Crippen LogP contribution is 2.22. The minimum atomic E-state index is -0.210. The molecule has 8 nitrogen and oxygen atoms in total. The largest absolute Gasteiger partial charge is 0.348 e. The summed E-state index contributed by atoms with van der Waals surface area (Å²) in [6.45, 7) is 5.97. The van der Waals surface area contributed by atoms with Gasteiger partial charge in [0.15, 0.2) is 0 Å². The third-order valence-electron chi connectivity index (χ3n) is 6.48. The van der Waals surface area contributed by atoms with Crippen molar-refractivity contribution >= 4 is 34.7 Å². The molecule has 1 aliphatic rings. The topological polar surface area (TPSA) is 108 Å². The summed E-state index contributed by atoms with van der Waals surface area (Å²) >= 11 is 1.54.